The van der Waals surface area contributed by atoms with Gasteiger partial charge in [-0.05, 0) is 68.9 Å². The number of nitrogens with one attached hydrogen (secondary N) is 2. The van der Waals surface area contributed by atoms with E-state index < -0.39 is 53.3 Å². The first-order chi connectivity index (χ1) is 29.8. The number of amides is 4. The van der Waals surface area contributed by atoms with Crippen molar-refractivity contribution >= 4 is 46.2 Å². The molecule has 2 aliphatic rings. The molecule has 16 nitrogen and oxygen atoms in total. The molecule has 5 N–H and O–H groups in total. The average Bonchev–Trinajstić information content (AvgIpc) is 3.96. The summed E-state index contributed by atoms with van der Waals surface area (Å²) in [6, 6.07) is 13.6. The molecule has 2 aromatic heterocycles. The van der Waals surface area contributed by atoms with Crippen LogP contribution in [0, 0.1) is 11.8 Å². The molecule has 1 aliphatic carbocycles. The predicted octanol–water partition coefficient (Wildman–Crippen LogP) is 5.08. The normalized spacial score (nSPS) is 17.9. The number of rotatable bonds is 20. The fourth-order valence-electron chi connectivity index (χ4n) is 8.79. The van der Waals surface area contributed by atoms with Gasteiger partial charge in [0.15, 0.2) is 5.78 Å². The van der Waals surface area contributed by atoms with Gasteiger partial charge in [-0.15, -0.1) is 5.10 Å². The van der Waals surface area contributed by atoms with Gasteiger partial charge in [0, 0.05) is 55.2 Å². The standard InChI is InChI=1S/C46H58N8O8/c1-46(2,61)40-27-50-52-54(40)34-25-38(43(58)51-37(41(56)42(47)57)18-9-10-22-49-45(60)62-29-31-14-7-4-8-15-31)53(28-34)44(59)32(24-30-12-5-3-6-13-30)19-20-39(55)36-17-11-16-33-26-48-23-21-35(33)36/h4,7-8,11,14-17,21,23,26-27,30,32,34,37-38,61H,3,5-6,9-10,12-13,18-20,22,24-25,28-29H2,1-2H3,(H2,47,57)(H,49,60)(H,51,58)/t32-,34+,37?,38+/m1/s1. The van der Waals surface area contributed by atoms with Crippen LogP contribution in [0.3, 0.4) is 0 Å². The number of carbonyl (C=O) groups is 6. The highest BCUT2D eigenvalue weighted by atomic mass is 16.5. The van der Waals surface area contributed by atoms with Gasteiger partial charge in [-0.2, -0.15) is 0 Å². The predicted molar refractivity (Wildman–Crippen MR) is 229 cm³/mol. The average molecular weight is 851 g/mol. The van der Waals surface area contributed by atoms with Crippen LogP contribution in [0.25, 0.3) is 10.8 Å². The number of pyridine rings is 1. The molecule has 2 fully saturated rings. The number of Topliss-reactive ketones (excluding diaryl/α,β-unsaturated/α-hetero) is 2. The number of nitrogens with two attached hydrogens (primary N) is 1. The summed E-state index contributed by atoms with van der Waals surface area (Å²) >= 11 is 0. The van der Waals surface area contributed by atoms with Gasteiger partial charge in [0.1, 0.15) is 18.2 Å². The molecule has 4 atom stereocenters. The van der Waals surface area contributed by atoms with E-state index >= 15 is 0 Å². The zero-order valence-electron chi connectivity index (χ0n) is 35.5. The van der Waals surface area contributed by atoms with Gasteiger partial charge in [0.2, 0.25) is 17.6 Å². The molecule has 1 unspecified atom stereocenters. The summed E-state index contributed by atoms with van der Waals surface area (Å²) in [5.74, 6) is -3.55. The third-order valence-corrected chi connectivity index (χ3v) is 12.1. The number of ketones is 2. The number of hydrogen-bond acceptors (Lipinski definition) is 11. The lowest BCUT2D eigenvalue weighted by Crippen LogP contribution is -2.53. The Morgan fingerprint density at radius 3 is 2.47 bits per heavy atom. The highest BCUT2D eigenvalue weighted by Gasteiger charge is 2.45. The molecule has 1 saturated carbocycles. The molecule has 1 saturated heterocycles. The second-order valence-electron chi connectivity index (χ2n) is 17.1. The number of nitrogens with zero attached hydrogens (tertiary/aromatic N) is 5. The number of alkyl carbamates (subject to hydrolysis) is 1. The maximum Gasteiger partial charge on any atom is 0.407 e. The van der Waals surface area contributed by atoms with Gasteiger partial charge in [0.05, 0.1) is 24.0 Å². The number of unbranched alkanes of at least 4 members (excludes halogenated alkanes) is 1. The van der Waals surface area contributed by atoms with Crippen molar-refractivity contribution in [3.63, 3.8) is 0 Å². The van der Waals surface area contributed by atoms with Crippen LogP contribution >= 0.6 is 0 Å². The zero-order valence-corrected chi connectivity index (χ0v) is 35.5. The number of aromatic nitrogens is 4. The minimum Gasteiger partial charge on any atom is -0.445 e. The SMILES string of the molecule is CC(C)(O)c1cnnn1[C@H]1C[C@@H](C(=O)NC(CCCCNC(=O)OCc2ccccc2)C(=O)C(N)=O)N(C(=O)[C@H](CCC(=O)c2cccc3cnccc23)CC2CCCCC2)C1. The second-order valence-corrected chi connectivity index (χ2v) is 17.1. The van der Waals surface area contributed by atoms with Gasteiger partial charge in [-0.1, -0.05) is 85.8 Å². The van der Waals surface area contributed by atoms with Crippen LogP contribution in [0.1, 0.15) is 119 Å². The fraction of sp³-hybridized carbons (Fsp3) is 0.500. The highest BCUT2D eigenvalue weighted by molar-refractivity contribution is 6.37. The number of ether oxygens (including phenoxy) is 1. The topological polar surface area (TPSA) is 229 Å². The Hall–Kier alpha value is -6.03. The monoisotopic (exact) mass is 850 g/mol. The Labute approximate surface area is 361 Å². The largest absolute Gasteiger partial charge is 0.445 e. The molecule has 4 aromatic rings. The number of fused-ring (bicyclic) bond motifs is 1. The minimum absolute atomic E-state index is 0.0426. The van der Waals surface area contributed by atoms with Crippen LogP contribution in [-0.4, -0.2) is 90.5 Å². The number of hydrogen-bond donors (Lipinski definition) is 4. The van der Waals surface area contributed by atoms with Crippen molar-refractivity contribution in [2.24, 2.45) is 17.6 Å². The van der Waals surface area contributed by atoms with E-state index in [0.717, 1.165) is 48.4 Å². The lowest BCUT2D eigenvalue weighted by Gasteiger charge is -2.32. The smallest absolute Gasteiger partial charge is 0.407 e. The molecule has 0 radical (unpaired) electrons. The molecule has 0 bridgehead atoms. The quantitative estimate of drug-likeness (QED) is 0.0521. The van der Waals surface area contributed by atoms with Crippen LogP contribution in [-0.2, 0) is 36.1 Å². The van der Waals surface area contributed by atoms with Crippen molar-refractivity contribution in [1.82, 2.24) is 35.5 Å². The Kier molecular flexibility index (Phi) is 15.5. The highest BCUT2D eigenvalue weighted by Crippen LogP contribution is 2.36. The van der Waals surface area contributed by atoms with E-state index in [1.165, 1.54) is 15.8 Å². The maximum absolute atomic E-state index is 15.0. The molecule has 1 aliphatic heterocycles. The van der Waals surface area contributed by atoms with Crippen molar-refractivity contribution in [3.8, 4) is 0 Å². The zero-order chi connectivity index (χ0) is 44.2. The van der Waals surface area contributed by atoms with Crippen LogP contribution in [0.4, 0.5) is 4.79 Å². The summed E-state index contributed by atoms with van der Waals surface area (Å²) in [4.78, 5) is 86.5. The Morgan fingerprint density at radius 1 is 0.952 bits per heavy atom. The van der Waals surface area contributed by atoms with Crippen LogP contribution in [0.15, 0.2) is 73.2 Å². The van der Waals surface area contributed by atoms with E-state index in [0.29, 0.717) is 30.5 Å². The van der Waals surface area contributed by atoms with Crippen molar-refractivity contribution in [3.05, 3.63) is 90.0 Å². The third kappa shape index (κ3) is 11.9. The summed E-state index contributed by atoms with van der Waals surface area (Å²) in [7, 11) is 0. The number of primary amides is 1. The third-order valence-electron chi connectivity index (χ3n) is 12.1. The van der Waals surface area contributed by atoms with Crippen LogP contribution < -0.4 is 16.4 Å². The van der Waals surface area contributed by atoms with E-state index in [2.05, 4.69) is 25.9 Å². The van der Waals surface area contributed by atoms with Gasteiger partial charge in [-0.25, -0.2) is 9.48 Å². The van der Waals surface area contributed by atoms with Crippen LogP contribution in [0.2, 0.25) is 0 Å². The molecule has 330 valence electrons. The van der Waals surface area contributed by atoms with E-state index in [-0.39, 0.29) is 63.0 Å². The summed E-state index contributed by atoms with van der Waals surface area (Å²) in [6.45, 7) is 3.56. The molecule has 4 amide bonds. The first-order valence-corrected chi connectivity index (χ1v) is 21.7. The van der Waals surface area contributed by atoms with Gasteiger partial charge >= 0.3 is 6.09 Å². The molecular formula is C46H58N8O8. The van der Waals surface area contributed by atoms with Crippen molar-refractivity contribution in [2.75, 3.05) is 13.1 Å². The van der Waals surface area contributed by atoms with E-state index in [1.807, 2.05) is 48.5 Å². The maximum atomic E-state index is 15.0. The fourth-order valence-corrected chi connectivity index (χ4v) is 8.79. The molecule has 2 aromatic carbocycles. The molecule has 16 heteroatoms. The Morgan fingerprint density at radius 2 is 1.73 bits per heavy atom. The molecule has 0 spiro atoms. The molecule has 6 rings (SSSR count). The van der Waals surface area contributed by atoms with E-state index in [9.17, 15) is 33.9 Å². The Balaban J connectivity index is 1.18. The summed E-state index contributed by atoms with van der Waals surface area (Å²) in [5, 5.41) is 26.3. The Bertz CT molecular complexity index is 2190. The van der Waals surface area contributed by atoms with Gasteiger partial charge in [0.25, 0.3) is 5.91 Å². The van der Waals surface area contributed by atoms with E-state index in [4.69, 9.17) is 10.5 Å². The number of aliphatic hydroxyl groups is 1. The van der Waals surface area contributed by atoms with Gasteiger partial charge < -0.3 is 31.1 Å². The van der Waals surface area contributed by atoms with Crippen molar-refractivity contribution in [1.29, 1.82) is 0 Å². The van der Waals surface area contributed by atoms with Crippen LogP contribution in [0.5, 0.6) is 0 Å². The first kappa shape index (κ1) is 45.5. The lowest BCUT2D eigenvalue weighted by atomic mass is 9.80. The summed E-state index contributed by atoms with van der Waals surface area (Å²) in [5.41, 5.74) is 5.89. The van der Waals surface area contributed by atoms with Crippen molar-refractivity contribution < 1.29 is 38.6 Å². The first-order valence-electron chi connectivity index (χ1n) is 21.7. The molecule has 3 heterocycles. The number of carbonyl (C=O) groups excluding carboxylic acids is 6. The second kappa shape index (κ2) is 21.2. The molecular weight excluding hydrogens is 793 g/mol. The molecule has 62 heavy (non-hydrogen) atoms. The van der Waals surface area contributed by atoms with E-state index in [1.54, 1.807) is 32.3 Å². The number of likely N-dealkylation sites (tertiary alicyclic amines) is 1. The lowest BCUT2D eigenvalue weighted by molar-refractivity contribution is -0.143. The van der Waals surface area contributed by atoms with Gasteiger partial charge in [-0.3, -0.25) is 29.0 Å². The summed E-state index contributed by atoms with van der Waals surface area (Å²) in [6.07, 6.45) is 11.2. The van der Waals surface area contributed by atoms with Crippen molar-refractivity contribution in [2.45, 2.75) is 121 Å². The summed E-state index contributed by atoms with van der Waals surface area (Å²) < 4.78 is 6.78. The number of benzene rings is 2. The minimum atomic E-state index is -1.34.